The largest absolute Gasteiger partial charge is 0.372 e. The average molecular weight is 260 g/mol. The van der Waals surface area contributed by atoms with Crippen molar-refractivity contribution in [2.75, 3.05) is 37.6 Å². The molecular weight excluding hydrogens is 232 g/mol. The van der Waals surface area contributed by atoms with Crippen LogP contribution in [0.2, 0.25) is 0 Å². The first-order valence-corrected chi connectivity index (χ1v) is 7.85. The van der Waals surface area contributed by atoms with E-state index in [2.05, 4.69) is 54.0 Å². The highest BCUT2D eigenvalue weighted by atomic mass is 15.1. The summed E-state index contributed by atoms with van der Waals surface area (Å²) in [5.41, 5.74) is 1.39. The normalized spacial score (nSPS) is 17.1. The first-order chi connectivity index (χ1) is 9.33. The molecule has 1 fully saturated rings. The summed E-state index contributed by atoms with van der Waals surface area (Å²) in [6.07, 6.45) is 3.96. The first kappa shape index (κ1) is 14.4. The molecule has 0 unspecified atom stereocenters. The van der Waals surface area contributed by atoms with Gasteiger partial charge in [-0.25, -0.2) is 0 Å². The zero-order chi connectivity index (χ0) is 13.5. The molecule has 2 heteroatoms. The van der Waals surface area contributed by atoms with Crippen LogP contribution in [0.4, 0.5) is 5.69 Å². The number of para-hydroxylation sites is 1. The van der Waals surface area contributed by atoms with Gasteiger partial charge >= 0.3 is 0 Å². The van der Waals surface area contributed by atoms with Crippen LogP contribution in [-0.2, 0) is 0 Å². The molecular formula is C17H28N2. The lowest BCUT2D eigenvalue weighted by Gasteiger charge is -2.35. The lowest BCUT2D eigenvalue weighted by Crippen LogP contribution is -2.39. The van der Waals surface area contributed by atoms with Crippen molar-refractivity contribution in [3.05, 3.63) is 30.3 Å². The van der Waals surface area contributed by atoms with Gasteiger partial charge in [-0.2, -0.15) is 0 Å². The maximum atomic E-state index is 2.61. The van der Waals surface area contributed by atoms with Crippen molar-refractivity contribution in [2.24, 2.45) is 5.92 Å². The van der Waals surface area contributed by atoms with Crippen LogP contribution in [0.15, 0.2) is 30.3 Å². The molecule has 0 spiro atoms. The van der Waals surface area contributed by atoms with Crippen molar-refractivity contribution >= 4 is 5.69 Å². The SMILES string of the molecule is CCCN(CC)CC1CCN(c2ccccc2)CC1. The van der Waals surface area contributed by atoms with Gasteiger partial charge in [-0.15, -0.1) is 0 Å². The van der Waals surface area contributed by atoms with Gasteiger partial charge in [0, 0.05) is 25.3 Å². The molecule has 2 rings (SSSR count). The summed E-state index contributed by atoms with van der Waals surface area (Å²) in [5, 5.41) is 0. The first-order valence-electron chi connectivity index (χ1n) is 7.85. The summed E-state index contributed by atoms with van der Waals surface area (Å²) >= 11 is 0. The lowest BCUT2D eigenvalue weighted by molar-refractivity contribution is 0.220. The minimum absolute atomic E-state index is 0.895. The van der Waals surface area contributed by atoms with Crippen LogP contribution in [0.3, 0.4) is 0 Å². The zero-order valence-electron chi connectivity index (χ0n) is 12.5. The molecule has 0 aromatic heterocycles. The number of hydrogen-bond acceptors (Lipinski definition) is 2. The molecule has 0 saturated carbocycles. The Labute approximate surface area is 118 Å². The maximum Gasteiger partial charge on any atom is 0.0366 e. The van der Waals surface area contributed by atoms with E-state index in [1.807, 2.05) is 0 Å². The topological polar surface area (TPSA) is 6.48 Å². The van der Waals surface area contributed by atoms with Crippen molar-refractivity contribution in [1.82, 2.24) is 4.90 Å². The van der Waals surface area contributed by atoms with Crippen LogP contribution in [0, 0.1) is 5.92 Å². The summed E-state index contributed by atoms with van der Waals surface area (Å²) in [5.74, 6) is 0.895. The van der Waals surface area contributed by atoms with E-state index in [0.29, 0.717) is 0 Å². The molecule has 1 aromatic carbocycles. The van der Waals surface area contributed by atoms with E-state index in [9.17, 15) is 0 Å². The molecule has 19 heavy (non-hydrogen) atoms. The van der Waals surface area contributed by atoms with Crippen molar-refractivity contribution in [3.8, 4) is 0 Å². The highest BCUT2D eigenvalue weighted by Gasteiger charge is 2.20. The Morgan fingerprint density at radius 1 is 1.11 bits per heavy atom. The Balaban J connectivity index is 1.79. The van der Waals surface area contributed by atoms with E-state index >= 15 is 0 Å². The number of rotatable bonds is 6. The van der Waals surface area contributed by atoms with Crippen molar-refractivity contribution in [2.45, 2.75) is 33.1 Å². The zero-order valence-corrected chi connectivity index (χ0v) is 12.5. The lowest BCUT2D eigenvalue weighted by atomic mass is 9.95. The van der Waals surface area contributed by atoms with Crippen LogP contribution < -0.4 is 4.90 Å². The van der Waals surface area contributed by atoms with Crippen LogP contribution in [0.25, 0.3) is 0 Å². The molecule has 1 aliphatic heterocycles. The molecule has 0 radical (unpaired) electrons. The van der Waals surface area contributed by atoms with Gasteiger partial charge in [0.15, 0.2) is 0 Å². The summed E-state index contributed by atoms with van der Waals surface area (Å²) in [6.45, 7) is 10.8. The second-order valence-electron chi connectivity index (χ2n) is 5.66. The Hall–Kier alpha value is -1.02. The van der Waals surface area contributed by atoms with Gasteiger partial charge in [0.25, 0.3) is 0 Å². The molecule has 0 bridgehead atoms. The third-order valence-electron chi connectivity index (χ3n) is 4.24. The molecule has 106 valence electrons. The minimum Gasteiger partial charge on any atom is -0.372 e. The van der Waals surface area contributed by atoms with Crippen LogP contribution in [0.5, 0.6) is 0 Å². The predicted octanol–water partition coefficient (Wildman–Crippen LogP) is 3.63. The highest BCUT2D eigenvalue weighted by molar-refractivity contribution is 5.46. The standard InChI is InChI=1S/C17H28N2/c1-3-12-18(4-2)15-16-10-13-19(14-11-16)17-8-6-5-7-9-17/h5-9,16H,3-4,10-15H2,1-2H3. The molecule has 1 aromatic rings. The molecule has 0 amide bonds. The number of benzene rings is 1. The van der Waals surface area contributed by atoms with E-state index in [-0.39, 0.29) is 0 Å². The summed E-state index contributed by atoms with van der Waals surface area (Å²) < 4.78 is 0. The quantitative estimate of drug-likeness (QED) is 0.770. The predicted molar refractivity (Wildman–Crippen MR) is 83.8 cm³/mol. The van der Waals surface area contributed by atoms with E-state index in [1.54, 1.807) is 0 Å². The van der Waals surface area contributed by atoms with E-state index in [4.69, 9.17) is 0 Å². The van der Waals surface area contributed by atoms with Gasteiger partial charge < -0.3 is 9.80 Å². The minimum atomic E-state index is 0.895. The van der Waals surface area contributed by atoms with E-state index in [1.165, 1.54) is 57.7 Å². The number of anilines is 1. The third-order valence-corrected chi connectivity index (χ3v) is 4.24. The molecule has 0 aliphatic carbocycles. The monoisotopic (exact) mass is 260 g/mol. The van der Waals surface area contributed by atoms with Gasteiger partial charge in [0.2, 0.25) is 0 Å². The smallest absolute Gasteiger partial charge is 0.0366 e. The number of hydrogen-bond donors (Lipinski definition) is 0. The van der Waals surface area contributed by atoms with E-state index in [0.717, 1.165) is 5.92 Å². The Bertz CT molecular complexity index is 342. The Morgan fingerprint density at radius 2 is 1.79 bits per heavy atom. The maximum absolute atomic E-state index is 2.61. The van der Waals surface area contributed by atoms with Gasteiger partial charge in [0.1, 0.15) is 0 Å². The Kier molecular flexibility index (Phi) is 5.71. The second-order valence-corrected chi connectivity index (χ2v) is 5.66. The van der Waals surface area contributed by atoms with Gasteiger partial charge in [0.05, 0.1) is 0 Å². The molecule has 1 aliphatic rings. The van der Waals surface area contributed by atoms with Gasteiger partial charge in [-0.05, 0) is 50.4 Å². The van der Waals surface area contributed by atoms with Crippen molar-refractivity contribution in [3.63, 3.8) is 0 Å². The fraction of sp³-hybridized carbons (Fsp3) is 0.647. The molecule has 1 saturated heterocycles. The van der Waals surface area contributed by atoms with Gasteiger partial charge in [-0.1, -0.05) is 32.0 Å². The molecule has 2 nitrogen and oxygen atoms in total. The highest BCUT2D eigenvalue weighted by Crippen LogP contribution is 2.23. The van der Waals surface area contributed by atoms with Crippen LogP contribution >= 0.6 is 0 Å². The summed E-state index contributed by atoms with van der Waals surface area (Å²) in [7, 11) is 0. The van der Waals surface area contributed by atoms with Crippen molar-refractivity contribution in [1.29, 1.82) is 0 Å². The summed E-state index contributed by atoms with van der Waals surface area (Å²) in [6, 6.07) is 10.8. The van der Waals surface area contributed by atoms with Crippen LogP contribution in [0.1, 0.15) is 33.1 Å². The van der Waals surface area contributed by atoms with Crippen LogP contribution in [-0.4, -0.2) is 37.6 Å². The molecule has 1 heterocycles. The third kappa shape index (κ3) is 4.24. The van der Waals surface area contributed by atoms with E-state index < -0.39 is 0 Å². The number of piperidine rings is 1. The molecule has 0 atom stereocenters. The fourth-order valence-corrected chi connectivity index (χ4v) is 3.07. The molecule has 0 N–H and O–H groups in total. The van der Waals surface area contributed by atoms with Crippen molar-refractivity contribution < 1.29 is 0 Å². The number of nitrogens with zero attached hydrogens (tertiary/aromatic N) is 2. The second kappa shape index (κ2) is 7.54. The van der Waals surface area contributed by atoms with Gasteiger partial charge in [-0.3, -0.25) is 0 Å². The summed E-state index contributed by atoms with van der Waals surface area (Å²) in [4.78, 5) is 5.15. The average Bonchev–Trinajstić information content (AvgIpc) is 2.48. The Morgan fingerprint density at radius 3 is 2.37 bits per heavy atom. The fourth-order valence-electron chi connectivity index (χ4n) is 3.07.